The van der Waals surface area contributed by atoms with Crippen molar-refractivity contribution in [3.63, 3.8) is 0 Å². The molecule has 0 heterocycles. The van der Waals surface area contributed by atoms with Gasteiger partial charge in [-0.2, -0.15) is 0 Å². The van der Waals surface area contributed by atoms with Crippen LogP contribution in [0.25, 0.3) is 0 Å². The van der Waals surface area contributed by atoms with E-state index in [0.717, 1.165) is 16.7 Å². The second-order valence-electron chi connectivity index (χ2n) is 4.92. The van der Waals surface area contributed by atoms with Crippen molar-refractivity contribution < 1.29 is 13.9 Å². The number of rotatable bonds is 3. The summed E-state index contributed by atoms with van der Waals surface area (Å²) in [6.07, 6.45) is 0. The van der Waals surface area contributed by atoms with Gasteiger partial charge < -0.3 is 4.74 Å². The van der Waals surface area contributed by atoms with Crippen LogP contribution < -0.4 is 4.74 Å². The molecule has 20 heavy (non-hydrogen) atoms. The first-order valence-corrected chi connectivity index (χ1v) is 6.46. The highest BCUT2D eigenvalue weighted by atomic mass is 19.1. The predicted octanol–water partition coefficient (Wildman–Crippen LogP) is 4.75. The van der Waals surface area contributed by atoms with Gasteiger partial charge in [0.25, 0.3) is 0 Å². The molecule has 0 atom stereocenters. The van der Waals surface area contributed by atoms with E-state index in [1.165, 1.54) is 19.1 Å². The number of hydrogen-bond donors (Lipinski definition) is 0. The standard InChI is InChI=1S/C17H17FO2/c1-10-8-9-11(2)17(12(10)3)20-15-7-5-6-14(18)16(15)13(4)19/h5-9H,1-4H3. The lowest BCUT2D eigenvalue weighted by Gasteiger charge is -2.15. The molecule has 104 valence electrons. The van der Waals surface area contributed by atoms with E-state index in [0.29, 0.717) is 5.75 Å². The normalized spacial score (nSPS) is 10.4. The lowest BCUT2D eigenvalue weighted by molar-refractivity contribution is 0.101. The fourth-order valence-corrected chi connectivity index (χ4v) is 2.12. The second kappa shape index (κ2) is 5.45. The van der Waals surface area contributed by atoms with E-state index in [1.54, 1.807) is 6.07 Å². The number of ether oxygens (including phenoxy) is 1. The molecule has 0 amide bonds. The van der Waals surface area contributed by atoms with Gasteiger partial charge in [-0.25, -0.2) is 4.39 Å². The van der Waals surface area contributed by atoms with Gasteiger partial charge in [-0.15, -0.1) is 0 Å². The van der Waals surface area contributed by atoms with E-state index in [2.05, 4.69) is 0 Å². The minimum Gasteiger partial charge on any atom is -0.456 e. The summed E-state index contributed by atoms with van der Waals surface area (Å²) < 4.78 is 19.6. The van der Waals surface area contributed by atoms with E-state index < -0.39 is 5.82 Å². The number of aryl methyl sites for hydroxylation is 2. The number of hydrogen-bond acceptors (Lipinski definition) is 2. The summed E-state index contributed by atoms with van der Waals surface area (Å²) in [7, 11) is 0. The topological polar surface area (TPSA) is 26.3 Å². The smallest absolute Gasteiger partial charge is 0.166 e. The van der Waals surface area contributed by atoms with Gasteiger partial charge in [0.1, 0.15) is 17.3 Å². The van der Waals surface area contributed by atoms with Gasteiger partial charge in [-0.1, -0.05) is 18.2 Å². The Hall–Kier alpha value is -2.16. The zero-order valence-corrected chi connectivity index (χ0v) is 12.1. The molecule has 2 nitrogen and oxygen atoms in total. The summed E-state index contributed by atoms with van der Waals surface area (Å²) >= 11 is 0. The SMILES string of the molecule is CC(=O)c1c(F)cccc1Oc1c(C)ccc(C)c1C. The predicted molar refractivity (Wildman–Crippen MR) is 77.1 cm³/mol. The molecular formula is C17H17FO2. The van der Waals surface area contributed by atoms with Crippen LogP contribution in [0.1, 0.15) is 34.0 Å². The minimum absolute atomic E-state index is 0.00666. The van der Waals surface area contributed by atoms with Gasteiger partial charge in [-0.05, 0) is 56.5 Å². The zero-order valence-electron chi connectivity index (χ0n) is 12.1. The summed E-state index contributed by atoms with van der Waals surface area (Å²) in [5, 5.41) is 0. The summed E-state index contributed by atoms with van der Waals surface area (Å²) in [6, 6.07) is 8.37. The Morgan fingerprint density at radius 3 is 2.35 bits per heavy atom. The number of carbonyl (C=O) groups excluding carboxylic acids is 1. The van der Waals surface area contributed by atoms with Crippen LogP contribution in [0.5, 0.6) is 11.5 Å². The molecule has 0 fully saturated rings. The fraction of sp³-hybridized carbons (Fsp3) is 0.235. The maximum atomic E-state index is 13.8. The van der Waals surface area contributed by atoms with E-state index in [4.69, 9.17) is 4.74 Å². The van der Waals surface area contributed by atoms with Gasteiger partial charge in [0.15, 0.2) is 5.78 Å². The Morgan fingerprint density at radius 2 is 1.70 bits per heavy atom. The van der Waals surface area contributed by atoms with Crippen LogP contribution in [-0.4, -0.2) is 5.78 Å². The van der Waals surface area contributed by atoms with Crippen LogP contribution in [0.4, 0.5) is 4.39 Å². The van der Waals surface area contributed by atoms with Crippen LogP contribution >= 0.6 is 0 Å². The molecular weight excluding hydrogens is 255 g/mol. The molecule has 0 bridgehead atoms. The van der Waals surface area contributed by atoms with Gasteiger partial charge in [-0.3, -0.25) is 4.79 Å². The lowest BCUT2D eigenvalue weighted by Crippen LogP contribution is -2.02. The average Bonchev–Trinajstić information content (AvgIpc) is 2.39. The summed E-state index contributed by atoms with van der Waals surface area (Å²) in [5.41, 5.74) is 3.02. The zero-order chi connectivity index (χ0) is 14.9. The van der Waals surface area contributed by atoms with E-state index in [9.17, 15) is 9.18 Å². The first-order chi connectivity index (χ1) is 9.41. The average molecular weight is 272 g/mol. The van der Waals surface area contributed by atoms with Crippen molar-refractivity contribution in [2.75, 3.05) is 0 Å². The summed E-state index contributed by atoms with van der Waals surface area (Å²) in [5.74, 6) is 0.0337. The largest absolute Gasteiger partial charge is 0.456 e. The molecule has 2 rings (SSSR count). The quantitative estimate of drug-likeness (QED) is 0.754. The molecule has 0 aliphatic heterocycles. The third kappa shape index (κ3) is 2.57. The van der Waals surface area contributed by atoms with Crippen molar-refractivity contribution in [2.24, 2.45) is 0 Å². The first-order valence-electron chi connectivity index (χ1n) is 6.46. The number of ketones is 1. The minimum atomic E-state index is -0.557. The van der Waals surface area contributed by atoms with Gasteiger partial charge in [0, 0.05) is 0 Å². The van der Waals surface area contributed by atoms with E-state index in [-0.39, 0.29) is 17.1 Å². The molecule has 0 radical (unpaired) electrons. The van der Waals surface area contributed by atoms with Gasteiger partial charge in [0.2, 0.25) is 0 Å². The highest BCUT2D eigenvalue weighted by molar-refractivity contribution is 5.97. The van der Waals surface area contributed by atoms with Crippen LogP contribution in [0.3, 0.4) is 0 Å². The first kappa shape index (κ1) is 14.3. The van der Waals surface area contributed by atoms with Crippen molar-refractivity contribution in [2.45, 2.75) is 27.7 Å². The maximum absolute atomic E-state index is 13.8. The molecule has 0 aliphatic carbocycles. The molecule has 0 saturated carbocycles. The molecule has 2 aromatic carbocycles. The lowest BCUT2D eigenvalue weighted by atomic mass is 10.0. The van der Waals surface area contributed by atoms with Gasteiger partial charge >= 0.3 is 0 Å². The van der Waals surface area contributed by atoms with Crippen molar-refractivity contribution >= 4 is 5.78 Å². The monoisotopic (exact) mass is 272 g/mol. The molecule has 0 unspecified atom stereocenters. The highest BCUT2D eigenvalue weighted by Gasteiger charge is 2.16. The number of Topliss-reactive ketones (excluding diaryl/α,β-unsaturated/α-hetero) is 1. The van der Waals surface area contributed by atoms with E-state index in [1.807, 2.05) is 32.9 Å². The third-order valence-electron chi connectivity index (χ3n) is 3.41. The summed E-state index contributed by atoms with van der Waals surface area (Å²) in [4.78, 5) is 11.6. The Kier molecular flexibility index (Phi) is 3.89. The van der Waals surface area contributed by atoms with Crippen molar-refractivity contribution in [3.05, 3.63) is 58.4 Å². The Bertz CT molecular complexity index is 675. The molecule has 0 N–H and O–H groups in total. The number of benzene rings is 2. The highest BCUT2D eigenvalue weighted by Crippen LogP contribution is 2.33. The molecule has 0 aromatic heterocycles. The number of halogens is 1. The van der Waals surface area contributed by atoms with Crippen LogP contribution in [-0.2, 0) is 0 Å². The molecule has 0 aliphatic rings. The Labute approximate surface area is 118 Å². The second-order valence-corrected chi connectivity index (χ2v) is 4.92. The van der Waals surface area contributed by atoms with Crippen LogP contribution in [0.15, 0.2) is 30.3 Å². The molecule has 3 heteroatoms. The Balaban J connectivity index is 2.54. The molecule has 0 spiro atoms. The van der Waals surface area contributed by atoms with Crippen molar-refractivity contribution in [1.82, 2.24) is 0 Å². The molecule has 2 aromatic rings. The van der Waals surface area contributed by atoms with Gasteiger partial charge in [0.05, 0.1) is 5.56 Å². The van der Waals surface area contributed by atoms with Crippen molar-refractivity contribution in [3.8, 4) is 11.5 Å². The van der Waals surface area contributed by atoms with Crippen molar-refractivity contribution in [1.29, 1.82) is 0 Å². The van der Waals surface area contributed by atoms with Crippen LogP contribution in [0, 0.1) is 26.6 Å². The third-order valence-corrected chi connectivity index (χ3v) is 3.41. The molecule has 0 saturated heterocycles. The van der Waals surface area contributed by atoms with Crippen LogP contribution in [0.2, 0.25) is 0 Å². The van der Waals surface area contributed by atoms with E-state index >= 15 is 0 Å². The number of carbonyl (C=O) groups is 1. The maximum Gasteiger partial charge on any atom is 0.166 e. The summed E-state index contributed by atoms with van der Waals surface area (Å²) in [6.45, 7) is 7.19. The Morgan fingerprint density at radius 1 is 1.05 bits per heavy atom. The fourth-order valence-electron chi connectivity index (χ4n) is 2.12.